The minimum atomic E-state index is -0.618. The third-order valence-corrected chi connectivity index (χ3v) is 4.37. The quantitative estimate of drug-likeness (QED) is 0.807. The standard InChI is InChI=1S/C22H28N2O3/c1-6-19(27-18-10-8-7-9-11-18)22(26)24(5)14-20(25)23-21-16(3)12-15(2)13-17(21)4/h7-13,19H,6,14H2,1-5H3,(H,23,25)/t19-/m1/s1. The first-order valence-electron chi connectivity index (χ1n) is 9.16. The lowest BCUT2D eigenvalue weighted by Crippen LogP contribution is -2.43. The Balaban J connectivity index is 1.99. The largest absolute Gasteiger partial charge is 0.481 e. The molecule has 1 N–H and O–H groups in total. The normalized spacial score (nSPS) is 11.6. The number of carbonyl (C=O) groups excluding carboxylic acids is 2. The molecule has 0 bridgehead atoms. The first-order valence-corrected chi connectivity index (χ1v) is 9.16. The van der Waals surface area contributed by atoms with Crippen molar-refractivity contribution in [3.8, 4) is 5.75 Å². The van der Waals surface area contributed by atoms with Gasteiger partial charge in [0.1, 0.15) is 5.75 Å². The molecule has 0 aliphatic carbocycles. The van der Waals surface area contributed by atoms with Crippen LogP contribution >= 0.6 is 0 Å². The van der Waals surface area contributed by atoms with E-state index in [4.69, 9.17) is 4.74 Å². The summed E-state index contributed by atoms with van der Waals surface area (Å²) in [5.41, 5.74) is 3.97. The maximum absolute atomic E-state index is 12.7. The van der Waals surface area contributed by atoms with E-state index in [1.807, 2.05) is 70.2 Å². The summed E-state index contributed by atoms with van der Waals surface area (Å²) in [7, 11) is 1.62. The maximum Gasteiger partial charge on any atom is 0.263 e. The van der Waals surface area contributed by atoms with Gasteiger partial charge in [0.15, 0.2) is 6.10 Å². The molecule has 2 amide bonds. The molecule has 0 spiro atoms. The van der Waals surface area contributed by atoms with Gasteiger partial charge in [-0.15, -0.1) is 0 Å². The number of rotatable bonds is 7. The zero-order valence-electron chi connectivity index (χ0n) is 16.7. The molecule has 0 radical (unpaired) electrons. The molecule has 0 fully saturated rings. The minimum absolute atomic E-state index is 0.0275. The van der Waals surface area contributed by atoms with Gasteiger partial charge in [0.25, 0.3) is 5.91 Å². The van der Waals surface area contributed by atoms with Crippen LogP contribution in [-0.4, -0.2) is 36.4 Å². The molecule has 2 aromatic carbocycles. The Hall–Kier alpha value is -2.82. The molecule has 5 heteroatoms. The Labute approximate surface area is 161 Å². The number of aryl methyl sites for hydroxylation is 3. The molecule has 0 aliphatic rings. The number of hydrogen-bond acceptors (Lipinski definition) is 3. The second kappa shape index (κ2) is 9.21. The van der Waals surface area contributed by atoms with Crippen LogP contribution in [0.1, 0.15) is 30.0 Å². The van der Waals surface area contributed by atoms with E-state index in [-0.39, 0.29) is 18.4 Å². The molecule has 0 saturated heterocycles. The zero-order valence-corrected chi connectivity index (χ0v) is 16.7. The van der Waals surface area contributed by atoms with Crippen LogP contribution in [0.2, 0.25) is 0 Å². The molecule has 0 aromatic heterocycles. The van der Waals surface area contributed by atoms with E-state index in [2.05, 4.69) is 5.32 Å². The number of nitrogens with one attached hydrogen (secondary N) is 1. The van der Waals surface area contributed by atoms with Crippen molar-refractivity contribution < 1.29 is 14.3 Å². The van der Waals surface area contributed by atoms with Crippen molar-refractivity contribution in [3.63, 3.8) is 0 Å². The molecule has 5 nitrogen and oxygen atoms in total. The van der Waals surface area contributed by atoms with Crippen LogP contribution in [0.25, 0.3) is 0 Å². The number of amides is 2. The summed E-state index contributed by atoms with van der Waals surface area (Å²) in [6.45, 7) is 7.81. The van der Waals surface area contributed by atoms with Crippen LogP contribution in [-0.2, 0) is 9.59 Å². The first kappa shape index (κ1) is 20.5. The highest BCUT2D eigenvalue weighted by atomic mass is 16.5. The fraction of sp³-hybridized carbons (Fsp3) is 0.364. The lowest BCUT2D eigenvalue weighted by molar-refractivity contribution is -0.139. The summed E-state index contributed by atoms with van der Waals surface area (Å²) in [5, 5.41) is 2.92. The summed E-state index contributed by atoms with van der Waals surface area (Å²) in [6.07, 6.45) is -0.0939. The number of para-hydroxylation sites is 1. The molecular weight excluding hydrogens is 340 g/mol. The second-order valence-electron chi connectivity index (χ2n) is 6.84. The van der Waals surface area contributed by atoms with E-state index >= 15 is 0 Å². The summed E-state index contributed by atoms with van der Waals surface area (Å²) >= 11 is 0. The third-order valence-electron chi connectivity index (χ3n) is 4.37. The smallest absolute Gasteiger partial charge is 0.263 e. The fourth-order valence-electron chi connectivity index (χ4n) is 3.07. The van der Waals surface area contributed by atoms with Crippen LogP contribution in [0.5, 0.6) is 5.75 Å². The molecule has 0 aliphatic heterocycles. The Morgan fingerprint density at radius 1 is 1.07 bits per heavy atom. The van der Waals surface area contributed by atoms with E-state index in [1.165, 1.54) is 4.90 Å². The van der Waals surface area contributed by atoms with Gasteiger partial charge in [-0.05, 0) is 50.5 Å². The predicted octanol–water partition coefficient (Wildman–Crippen LogP) is 3.87. The average molecular weight is 368 g/mol. The van der Waals surface area contributed by atoms with E-state index in [9.17, 15) is 9.59 Å². The number of carbonyl (C=O) groups is 2. The van der Waals surface area contributed by atoms with Gasteiger partial charge >= 0.3 is 0 Å². The predicted molar refractivity (Wildman–Crippen MR) is 108 cm³/mol. The molecule has 1 atom stereocenters. The van der Waals surface area contributed by atoms with E-state index in [1.54, 1.807) is 7.05 Å². The van der Waals surface area contributed by atoms with Gasteiger partial charge in [0, 0.05) is 12.7 Å². The lowest BCUT2D eigenvalue weighted by Gasteiger charge is -2.24. The van der Waals surface area contributed by atoms with Crippen molar-refractivity contribution in [1.82, 2.24) is 4.90 Å². The lowest BCUT2D eigenvalue weighted by atomic mass is 10.1. The van der Waals surface area contributed by atoms with E-state index < -0.39 is 6.10 Å². The van der Waals surface area contributed by atoms with Crippen LogP contribution in [0.15, 0.2) is 42.5 Å². The topological polar surface area (TPSA) is 58.6 Å². The van der Waals surface area contributed by atoms with Gasteiger partial charge in [-0.2, -0.15) is 0 Å². The number of ether oxygens (including phenoxy) is 1. The highest BCUT2D eigenvalue weighted by Gasteiger charge is 2.24. The highest BCUT2D eigenvalue weighted by Crippen LogP contribution is 2.22. The van der Waals surface area contributed by atoms with Crippen molar-refractivity contribution in [1.29, 1.82) is 0 Å². The van der Waals surface area contributed by atoms with Crippen LogP contribution < -0.4 is 10.1 Å². The van der Waals surface area contributed by atoms with Crippen molar-refractivity contribution in [2.45, 2.75) is 40.2 Å². The molecule has 2 aromatic rings. The SMILES string of the molecule is CC[C@@H](Oc1ccccc1)C(=O)N(C)CC(=O)Nc1c(C)cc(C)cc1C. The van der Waals surface area contributed by atoms with E-state index in [0.29, 0.717) is 12.2 Å². The highest BCUT2D eigenvalue weighted by molar-refractivity contribution is 5.96. The van der Waals surface area contributed by atoms with Crippen molar-refractivity contribution in [3.05, 3.63) is 59.2 Å². The van der Waals surface area contributed by atoms with Gasteiger partial charge in [-0.3, -0.25) is 9.59 Å². The summed E-state index contributed by atoms with van der Waals surface area (Å²) < 4.78 is 5.77. The van der Waals surface area contributed by atoms with Crippen LogP contribution in [0.4, 0.5) is 5.69 Å². The van der Waals surface area contributed by atoms with Gasteiger partial charge in [-0.1, -0.05) is 42.8 Å². The Kier molecular flexibility index (Phi) is 6.99. The number of benzene rings is 2. The van der Waals surface area contributed by atoms with Crippen LogP contribution in [0.3, 0.4) is 0 Å². The molecule has 144 valence electrons. The molecule has 27 heavy (non-hydrogen) atoms. The zero-order chi connectivity index (χ0) is 20.0. The number of likely N-dealkylation sites (N-methyl/N-ethyl adjacent to an activating group) is 1. The maximum atomic E-state index is 12.7. The second-order valence-corrected chi connectivity index (χ2v) is 6.84. The fourth-order valence-corrected chi connectivity index (χ4v) is 3.07. The Morgan fingerprint density at radius 2 is 1.67 bits per heavy atom. The Bertz CT molecular complexity index is 779. The molecule has 2 rings (SSSR count). The van der Waals surface area contributed by atoms with Gasteiger partial charge in [0.05, 0.1) is 6.54 Å². The third kappa shape index (κ3) is 5.58. The monoisotopic (exact) mass is 368 g/mol. The van der Waals surface area contributed by atoms with Crippen molar-refractivity contribution >= 4 is 17.5 Å². The number of nitrogens with zero attached hydrogens (tertiary/aromatic N) is 1. The molecular formula is C22H28N2O3. The number of anilines is 1. The van der Waals surface area contributed by atoms with Crippen molar-refractivity contribution in [2.24, 2.45) is 0 Å². The summed E-state index contributed by atoms with van der Waals surface area (Å²) in [5.74, 6) is 0.200. The number of hydrogen-bond donors (Lipinski definition) is 1. The van der Waals surface area contributed by atoms with Gasteiger partial charge in [-0.25, -0.2) is 0 Å². The Morgan fingerprint density at radius 3 is 2.22 bits per heavy atom. The molecule has 0 unspecified atom stereocenters. The van der Waals surface area contributed by atoms with Crippen molar-refractivity contribution in [2.75, 3.05) is 18.9 Å². The molecule has 0 saturated carbocycles. The van der Waals surface area contributed by atoms with E-state index in [0.717, 1.165) is 22.4 Å². The minimum Gasteiger partial charge on any atom is -0.481 e. The van der Waals surface area contributed by atoms with Gasteiger partial charge in [0.2, 0.25) is 5.91 Å². The summed E-state index contributed by atoms with van der Waals surface area (Å²) in [6, 6.07) is 13.3. The average Bonchev–Trinajstić information content (AvgIpc) is 2.63. The van der Waals surface area contributed by atoms with Gasteiger partial charge < -0.3 is 15.0 Å². The summed E-state index contributed by atoms with van der Waals surface area (Å²) in [4.78, 5) is 26.5. The molecule has 0 heterocycles. The van der Waals surface area contributed by atoms with Crippen LogP contribution in [0, 0.1) is 20.8 Å². The first-order chi connectivity index (χ1) is 12.8.